The van der Waals surface area contributed by atoms with Crippen molar-refractivity contribution in [1.29, 1.82) is 0 Å². The predicted octanol–water partition coefficient (Wildman–Crippen LogP) is 10.4. The Morgan fingerprint density at radius 2 is 1.20 bits per heavy atom. The van der Waals surface area contributed by atoms with Gasteiger partial charge in [-0.2, -0.15) is 0 Å². The summed E-state index contributed by atoms with van der Waals surface area (Å²) in [5.74, 6) is 1.16. The van der Waals surface area contributed by atoms with Gasteiger partial charge in [-0.1, -0.05) is 107 Å². The summed E-state index contributed by atoms with van der Waals surface area (Å²) in [5, 5.41) is 13.6. The Bertz CT molecular complexity index is 1780. The SMILES string of the molecule is COc1cc2c3c(cc(O)c2cc1-c1ccc(-c2ccccc2)cc1)C1(CC(C)(C)CC(C)(C)C1)c1ccccc1-3. The third-order valence-corrected chi connectivity index (χ3v) is 9.48. The van der Waals surface area contributed by atoms with Gasteiger partial charge >= 0.3 is 0 Å². The van der Waals surface area contributed by atoms with Crippen molar-refractivity contribution >= 4 is 10.8 Å². The second kappa shape index (κ2) is 8.98. The van der Waals surface area contributed by atoms with Crippen LogP contribution in [0.2, 0.25) is 0 Å². The predicted molar refractivity (Wildman–Crippen MR) is 171 cm³/mol. The van der Waals surface area contributed by atoms with Crippen LogP contribution in [-0.4, -0.2) is 12.2 Å². The summed E-state index contributed by atoms with van der Waals surface area (Å²) in [6, 6.07) is 34.3. The number of hydrogen-bond acceptors (Lipinski definition) is 2. The highest BCUT2D eigenvalue weighted by molar-refractivity contribution is 6.07. The summed E-state index contributed by atoms with van der Waals surface area (Å²) < 4.78 is 6.03. The molecule has 0 bridgehead atoms. The van der Waals surface area contributed by atoms with Crippen molar-refractivity contribution in [3.05, 3.63) is 108 Å². The number of ether oxygens (including phenoxy) is 1. The van der Waals surface area contributed by atoms with Crippen LogP contribution < -0.4 is 4.74 Å². The van der Waals surface area contributed by atoms with Gasteiger partial charge in [-0.15, -0.1) is 0 Å². The van der Waals surface area contributed by atoms with Crippen molar-refractivity contribution in [2.24, 2.45) is 10.8 Å². The molecule has 5 aromatic rings. The highest BCUT2D eigenvalue weighted by atomic mass is 16.5. The van der Waals surface area contributed by atoms with Gasteiger partial charge in [0.2, 0.25) is 0 Å². The summed E-state index contributed by atoms with van der Waals surface area (Å²) in [6.07, 6.45) is 3.34. The van der Waals surface area contributed by atoms with E-state index in [1.54, 1.807) is 7.11 Å². The van der Waals surface area contributed by atoms with E-state index in [4.69, 9.17) is 4.74 Å². The number of phenols is 1. The average molecular weight is 539 g/mol. The van der Waals surface area contributed by atoms with Gasteiger partial charge in [-0.3, -0.25) is 0 Å². The molecule has 1 spiro atoms. The monoisotopic (exact) mass is 538 g/mol. The first-order valence-corrected chi connectivity index (χ1v) is 14.7. The zero-order chi connectivity index (χ0) is 28.6. The highest BCUT2D eigenvalue weighted by Gasteiger charge is 2.53. The van der Waals surface area contributed by atoms with Crippen LogP contribution in [0, 0.1) is 10.8 Å². The molecule has 1 fully saturated rings. The van der Waals surface area contributed by atoms with E-state index in [0.29, 0.717) is 5.75 Å². The number of hydrogen-bond donors (Lipinski definition) is 1. The summed E-state index contributed by atoms with van der Waals surface area (Å²) in [5.41, 5.74) is 9.90. The Labute approximate surface area is 243 Å². The summed E-state index contributed by atoms with van der Waals surface area (Å²) in [7, 11) is 1.74. The van der Waals surface area contributed by atoms with Crippen molar-refractivity contribution in [3.63, 3.8) is 0 Å². The molecule has 2 nitrogen and oxygen atoms in total. The van der Waals surface area contributed by atoms with Crippen LogP contribution in [0.4, 0.5) is 0 Å². The molecular formula is C39H38O2. The van der Waals surface area contributed by atoms with Crippen molar-refractivity contribution in [1.82, 2.24) is 0 Å². The lowest BCUT2D eigenvalue weighted by molar-refractivity contribution is 0.0645. The number of fused-ring (bicyclic) bond motifs is 7. The van der Waals surface area contributed by atoms with Crippen molar-refractivity contribution < 1.29 is 9.84 Å². The highest BCUT2D eigenvalue weighted by Crippen LogP contribution is 2.65. The lowest BCUT2D eigenvalue weighted by atomic mass is 9.52. The van der Waals surface area contributed by atoms with Crippen LogP contribution >= 0.6 is 0 Å². The molecule has 41 heavy (non-hydrogen) atoms. The van der Waals surface area contributed by atoms with Crippen LogP contribution in [0.3, 0.4) is 0 Å². The standard InChI is InChI=1S/C39H38O2/c1-37(2)22-38(3,4)24-39(23-37)32-14-10-9-13-28(32)36-31-20-35(41-5)29(19-30(31)34(40)21-33(36)39)27-17-15-26(16-18-27)25-11-7-6-8-12-25/h6-21,40H,22-24H2,1-5H3. The fourth-order valence-electron chi connectivity index (χ4n) is 8.73. The third kappa shape index (κ3) is 4.07. The zero-order valence-corrected chi connectivity index (χ0v) is 24.7. The molecule has 0 aromatic heterocycles. The van der Waals surface area contributed by atoms with Gasteiger partial charge in [0.25, 0.3) is 0 Å². The summed E-state index contributed by atoms with van der Waals surface area (Å²) in [4.78, 5) is 0. The van der Waals surface area contributed by atoms with E-state index < -0.39 is 0 Å². The minimum atomic E-state index is -0.123. The van der Waals surface area contributed by atoms with Gasteiger partial charge in [-0.05, 0) is 92.6 Å². The average Bonchev–Trinajstić information content (AvgIpc) is 3.19. The number of aromatic hydroxyl groups is 1. The molecule has 0 atom stereocenters. The van der Waals surface area contributed by atoms with Crippen molar-refractivity contribution in [3.8, 4) is 44.9 Å². The maximum atomic E-state index is 11.7. The molecule has 2 heteroatoms. The summed E-state index contributed by atoms with van der Waals surface area (Å²) >= 11 is 0. The normalized spacial score (nSPS) is 17.8. The van der Waals surface area contributed by atoms with Gasteiger partial charge in [0, 0.05) is 16.4 Å². The molecule has 7 rings (SSSR count). The van der Waals surface area contributed by atoms with Crippen LogP contribution in [-0.2, 0) is 5.41 Å². The quantitative estimate of drug-likeness (QED) is 0.248. The lowest BCUT2D eigenvalue weighted by Gasteiger charge is -2.51. The molecule has 0 aliphatic heterocycles. The van der Waals surface area contributed by atoms with E-state index >= 15 is 0 Å². The second-order valence-corrected chi connectivity index (χ2v) is 13.8. The first kappa shape index (κ1) is 25.9. The Morgan fingerprint density at radius 1 is 0.585 bits per heavy atom. The van der Waals surface area contributed by atoms with Crippen LogP contribution in [0.25, 0.3) is 44.2 Å². The van der Waals surface area contributed by atoms with E-state index in [9.17, 15) is 5.11 Å². The van der Waals surface area contributed by atoms with E-state index in [2.05, 4.69) is 119 Å². The molecule has 0 unspecified atom stereocenters. The van der Waals surface area contributed by atoms with Gasteiger partial charge < -0.3 is 9.84 Å². The van der Waals surface area contributed by atoms with Crippen molar-refractivity contribution in [2.45, 2.75) is 52.4 Å². The zero-order valence-electron chi connectivity index (χ0n) is 24.7. The minimum absolute atomic E-state index is 0.123. The maximum Gasteiger partial charge on any atom is 0.127 e. The number of methoxy groups -OCH3 is 1. The van der Waals surface area contributed by atoms with Gasteiger partial charge in [0.1, 0.15) is 11.5 Å². The Balaban J connectivity index is 1.44. The van der Waals surface area contributed by atoms with E-state index in [0.717, 1.165) is 40.5 Å². The maximum absolute atomic E-state index is 11.7. The van der Waals surface area contributed by atoms with Crippen LogP contribution in [0.5, 0.6) is 11.5 Å². The molecule has 0 saturated heterocycles. The van der Waals surface area contributed by atoms with E-state index in [1.807, 2.05) is 6.07 Å². The molecule has 2 aliphatic rings. The number of benzene rings is 5. The van der Waals surface area contributed by atoms with Crippen LogP contribution in [0.15, 0.2) is 97.1 Å². The Kier molecular flexibility index (Phi) is 5.67. The number of phenolic OH excluding ortho intramolecular Hbond substituents is 1. The third-order valence-electron chi connectivity index (χ3n) is 9.48. The van der Waals surface area contributed by atoms with E-state index in [-0.39, 0.29) is 16.2 Å². The molecule has 0 heterocycles. The van der Waals surface area contributed by atoms with Gasteiger partial charge in [0.05, 0.1) is 7.11 Å². The largest absolute Gasteiger partial charge is 0.507 e. The van der Waals surface area contributed by atoms with Crippen molar-refractivity contribution in [2.75, 3.05) is 7.11 Å². The fraction of sp³-hybridized carbons (Fsp3) is 0.282. The topological polar surface area (TPSA) is 29.5 Å². The Hall–Kier alpha value is -4.04. The molecule has 2 aliphatic carbocycles. The fourth-order valence-corrected chi connectivity index (χ4v) is 8.73. The van der Waals surface area contributed by atoms with Gasteiger partial charge in [0.15, 0.2) is 0 Å². The minimum Gasteiger partial charge on any atom is -0.507 e. The first-order valence-electron chi connectivity index (χ1n) is 14.7. The second-order valence-electron chi connectivity index (χ2n) is 13.8. The smallest absolute Gasteiger partial charge is 0.127 e. The number of rotatable bonds is 3. The molecular weight excluding hydrogens is 500 g/mol. The molecule has 0 radical (unpaired) electrons. The molecule has 1 saturated carbocycles. The lowest BCUT2D eigenvalue weighted by Crippen LogP contribution is -2.43. The Morgan fingerprint density at radius 3 is 1.88 bits per heavy atom. The molecule has 5 aromatic carbocycles. The first-order chi connectivity index (χ1) is 19.6. The molecule has 206 valence electrons. The van der Waals surface area contributed by atoms with Crippen LogP contribution in [0.1, 0.15) is 58.1 Å². The molecule has 0 amide bonds. The van der Waals surface area contributed by atoms with Gasteiger partial charge in [-0.25, -0.2) is 0 Å². The summed E-state index contributed by atoms with van der Waals surface area (Å²) in [6.45, 7) is 9.65. The molecule has 1 N–H and O–H groups in total. The van der Waals surface area contributed by atoms with E-state index in [1.165, 1.54) is 39.8 Å².